The highest BCUT2D eigenvalue weighted by molar-refractivity contribution is 5.95. The molecule has 1 rings (SSSR count). The van der Waals surface area contributed by atoms with E-state index in [4.69, 9.17) is 0 Å². The summed E-state index contributed by atoms with van der Waals surface area (Å²) in [6.45, 7) is 12.0. The molecule has 0 aliphatic carbocycles. The van der Waals surface area contributed by atoms with Crippen LogP contribution in [0.15, 0.2) is 12.1 Å². The van der Waals surface area contributed by atoms with Crippen LogP contribution in [-0.4, -0.2) is 34.9 Å². The average Bonchev–Trinajstić information content (AvgIpc) is 2.46. The Hall–Kier alpha value is -1.58. The average molecular weight is 291 g/mol. The van der Waals surface area contributed by atoms with Gasteiger partial charge in [0.1, 0.15) is 5.82 Å². The topological polar surface area (TPSA) is 45.2 Å². The van der Waals surface area contributed by atoms with Crippen LogP contribution >= 0.6 is 0 Å². The number of amides is 1. The van der Waals surface area contributed by atoms with E-state index in [0.29, 0.717) is 0 Å². The summed E-state index contributed by atoms with van der Waals surface area (Å²) in [5, 5.41) is 3.19. The highest BCUT2D eigenvalue weighted by atomic mass is 16.2. The van der Waals surface area contributed by atoms with E-state index in [-0.39, 0.29) is 11.9 Å². The smallest absolute Gasteiger partial charge is 0.254 e. The van der Waals surface area contributed by atoms with E-state index in [0.717, 1.165) is 49.4 Å². The number of hydrogen-bond acceptors (Lipinski definition) is 3. The molecule has 0 spiro atoms. The van der Waals surface area contributed by atoms with Crippen LogP contribution in [0.2, 0.25) is 0 Å². The minimum absolute atomic E-state index is 0.113. The van der Waals surface area contributed by atoms with Gasteiger partial charge in [0.2, 0.25) is 0 Å². The Morgan fingerprint density at radius 3 is 2.62 bits per heavy atom. The van der Waals surface area contributed by atoms with Crippen molar-refractivity contribution in [2.24, 2.45) is 0 Å². The van der Waals surface area contributed by atoms with Crippen molar-refractivity contribution >= 4 is 11.7 Å². The Morgan fingerprint density at radius 2 is 2.05 bits per heavy atom. The maximum absolute atomic E-state index is 12.8. The van der Waals surface area contributed by atoms with Gasteiger partial charge in [0.25, 0.3) is 5.91 Å². The van der Waals surface area contributed by atoms with Crippen LogP contribution in [0.5, 0.6) is 0 Å². The lowest BCUT2D eigenvalue weighted by Gasteiger charge is -2.29. The Bertz CT molecular complexity index is 459. The summed E-state index contributed by atoms with van der Waals surface area (Å²) < 4.78 is 0. The highest BCUT2D eigenvalue weighted by Gasteiger charge is 2.20. The van der Waals surface area contributed by atoms with Crippen LogP contribution in [-0.2, 0) is 0 Å². The first-order chi connectivity index (χ1) is 10.0. The molecule has 118 valence electrons. The molecule has 0 aromatic carbocycles. The van der Waals surface area contributed by atoms with E-state index >= 15 is 0 Å². The van der Waals surface area contributed by atoms with Crippen molar-refractivity contribution in [1.82, 2.24) is 9.88 Å². The molecule has 1 aromatic heterocycles. The van der Waals surface area contributed by atoms with Crippen LogP contribution in [0, 0.1) is 6.92 Å². The fourth-order valence-corrected chi connectivity index (χ4v) is 2.30. The molecule has 0 aliphatic rings. The lowest BCUT2D eigenvalue weighted by atomic mass is 10.1. The fraction of sp³-hybridized carbons (Fsp3) is 0.647. The number of aromatic nitrogens is 1. The molecule has 0 saturated carbocycles. The van der Waals surface area contributed by atoms with Crippen LogP contribution in [0.3, 0.4) is 0 Å². The third-order valence-electron chi connectivity index (χ3n) is 3.69. The number of aryl methyl sites for hydroxylation is 1. The molecule has 0 fully saturated rings. The zero-order chi connectivity index (χ0) is 15.8. The lowest BCUT2D eigenvalue weighted by molar-refractivity contribution is 0.0685. The summed E-state index contributed by atoms with van der Waals surface area (Å²) in [6.07, 6.45) is 3.11. The van der Waals surface area contributed by atoms with E-state index in [1.165, 1.54) is 0 Å². The third kappa shape index (κ3) is 5.03. The molecule has 1 unspecified atom stereocenters. The molecule has 1 amide bonds. The summed E-state index contributed by atoms with van der Waals surface area (Å²) in [5.74, 6) is 0.892. The number of rotatable bonds is 8. The van der Waals surface area contributed by atoms with Gasteiger partial charge < -0.3 is 10.2 Å². The molecule has 0 saturated heterocycles. The number of nitrogens with zero attached hydrogens (tertiary/aromatic N) is 2. The van der Waals surface area contributed by atoms with E-state index in [1.54, 1.807) is 0 Å². The Kier molecular flexibility index (Phi) is 7.20. The van der Waals surface area contributed by atoms with Gasteiger partial charge in [-0.3, -0.25) is 4.79 Å². The van der Waals surface area contributed by atoms with Gasteiger partial charge in [0.15, 0.2) is 0 Å². The van der Waals surface area contributed by atoms with Crippen LogP contribution in [0.25, 0.3) is 0 Å². The molecule has 1 heterocycles. The number of unbranched alkanes of at least 4 members (excludes halogenated alkanes) is 1. The number of carbonyl (C=O) groups is 1. The largest absolute Gasteiger partial charge is 0.370 e. The van der Waals surface area contributed by atoms with Crippen molar-refractivity contribution in [2.45, 2.75) is 59.9 Å². The molecule has 0 aliphatic heterocycles. The number of hydrogen-bond donors (Lipinski definition) is 1. The van der Waals surface area contributed by atoms with E-state index in [2.05, 4.69) is 31.1 Å². The zero-order valence-corrected chi connectivity index (χ0v) is 14.1. The van der Waals surface area contributed by atoms with Gasteiger partial charge in [0.05, 0.1) is 0 Å². The number of pyridine rings is 1. The van der Waals surface area contributed by atoms with Crippen molar-refractivity contribution in [3.63, 3.8) is 0 Å². The molecule has 21 heavy (non-hydrogen) atoms. The van der Waals surface area contributed by atoms with Gasteiger partial charge in [0, 0.05) is 30.4 Å². The summed E-state index contributed by atoms with van der Waals surface area (Å²) in [7, 11) is 0. The van der Waals surface area contributed by atoms with Gasteiger partial charge in [-0.1, -0.05) is 20.3 Å². The summed E-state index contributed by atoms with van der Waals surface area (Å²) in [4.78, 5) is 19.2. The number of anilines is 1. The molecule has 1 aromatic rings. The van der Waals surface area contributed by atoms with Crippen molar-refractivity contribution < 1.29 is 4.79 Å². The Balaban J connectivity index is 3.01. The minimum atomic E-state index is 0.113. The van der Waals surface area contributed by atoms with E-state index < -0.39 is 0 Å². The van der Waals surface area contributed by atoms with Crippen molar-refractivity contribution in [2.75, 3.05) is 18.4 Å². The first-order valence-electron chi connectivity index (χ1n) is 8.06. The molecule has 0 radical (unpaired) electrons. The van der Waals surface area contributed by atoms with Gasteiger partial charge >= 0.3 is 0 Å². The molecule has 1 N–H and O–H groups in total. The van der Waals surface area contributed by atoms with Gasteiger partial charge in [-0.15, -0.1) is 0 Å². The fourth-order valence-electron chi connectivity index (χ4n) is 2.30. The van der Waals surface area contributed by atoms with Crippen molar-refractivity contribution in [3.8, 4) is 0 Å². The standard InChI is InChI=1S/C17H29N3O/c1-6-9-10-20(14(5)7-2)17(21)15-11-13(4)19-16(12-15)18-8-3/h11-12,14H,6-10H2,1-5H3,(H,18,19). The zero-order valence-electron chi connectivity index (χ0n) is 14.1. The second-order valence-electron chi connectivity index (χ2n) is 5.52. The maximum Gasteiger partial charge on any atom is 0.254 e. The van der Waals surface area contributed by atoms with Crippen LogP contribution < -0.4 is 5.32 Å². The molecular formula is C17H29N3O. The summed E-state index contributed by atoms with van der Waals surface area (Å²) in [5.41, 5.74) is 1.60. The quantitative estimate of drug-likeness (QED) is 0.791. The second kappa shape index (κ2) is 8.65. The SMILES string of the molecule is CCCCN(C(=O)c1cc(C)nc(NCC)c1)C(C)CC. The maximum atomic E-state index is 12.8. The van der Waals surface area contributed by atoms with Gasteiger partial charge in [-0.25, -0.2) is 4.98 Å². The van der Waals surface area contributed by atoms with Crippen molar-refractivity contribution in [3.05, 3.63) is 23.4 Å². The Morgan fingerprint density at radius 1 is 1.33 bits per heavy atom. The normalized spacial score (nSPS) is 12.0. The van der Waals surface area contributed by atoms with E-state index in [1.807, 2.05) is 30.9 Å². The van der Waals surface area contributed by atoms with Crippen molar-refractivity contribution in [1.29, 1.82) is 0 Å². The summed E-state index contributed by atoms with van der Waals surface area (Å²) in [6, 6.07) is 4.00. The first-order valence-corrected chi connectivity index (χ1v) is 8.06. The molecule has 1 atom stereocenters. The second-order valence-corrected chi connectivity index (χ2v) is 5.52. The van der Waals surface area contributed by atoms with Crippen LogP contribution in [0.4, 0.5) is 5.82 Å². The van der Waals surface area contributed by atoms with Gasteiger partial charge in [-0.05, 0) is 45.7 Å². The molecule has 0 bridgehead atoms. The number of nitrogens with one attached hydrogen (secondary N) is 1. The molecule has 4 heteroatoms. The predicted molar refractivity (Wildman–Crippen MR) is 88.8 cm³/mol. The minimum Gasteiger partial charge on any atom is -0.370 e. The summed E-state index contributed by atoms with van der Waals surface area (Å²) >= 11 is 0. The van der Waals surface area contributed by atoms with E-state index in [9.17, 15) is 4.79 Å². The number of carbonyl (C=O) groups excluding carboxylic acids is 1. The molecule has 4 nitrogen and oxygen atoms in total. The third-order valence-corrected chi connectivity index (χ3v) is 3.69. The van der Waals surface area contributed by atoms with Gasteiger partial charge in [-0.2, -0.15) is 0 Å². The molecular weight excluding hydrogens is 262 g/mol. The highest BCUT2D eigenvalue weighted by Crippen LogP contribution is 2.16. The first kappa shape index (κ1) is 17.5. The predicted octanol–water partition coefficient (Wildman–Crippen LogP) is 3.86. The lowest BCUT2D eigenvalue weighted by Crippen LogP contribution is -2.39. The van der Waals surface area contributed by atoms with Crippen LogP contribution in [0.1, 0.15) is 63.0 Å². The monoisotopic (exact) mass is 291 g/mol. The Labute approximate surface area is 129 Å².